The molecule has 0 saturated heterocycles. The van der Waals surface area contributed by atoms with Crippen LogP contribution in [0.25, 0.3) is 16.9 Å². The Morgan fingerprint density at radius 1 is 1.03 bits per heavy atom. The van der Waals surface area contributed by atoms with Gasteiger partial charge in [-0.2, -0.15) is 0 Å². The second-order valence-electron chi connectivity index (χ2n) is 8.59. The molecule has 0 spiro atoms. The minimum atomic E-state index is -0.239. The van der Waals surface area contributed by atoms with Crippen LogP contribution in [0.3, 0.4) is 0 Å². The molecule has 0 fully saturated rings. The molecular weight excluding hydrogens is 448 g/mol. The fraction of sp³-hybridized carbons (Fsp3) is 0.320. The highest BCUT2D eigenvalue weighted by Gasteiger charge is 2.21. The smallest absolute Gasteiger partial charge is 0.274 e. The zero-order valence-electron chi connectivity index (χ0n) is 19.2. The van der Waals surface area contributed by atoms with Crippen LogP contribution in [0.1, 0.15) is 23.4 Å². The lowest BCUT2D eigenvalue weighted by Gasteiger charge is -2.25. The van der Waals surface area contributed by atoms with Gasteiger partial charge in [-0.25, -0.2) is 9.97 Å². The third kappa shape index (κ3) is 4.17. The molecule has 1 aliphatic carbocycles. The van der Waals surface area contributed by atoms with Crippen molar-refractivity contribution < 1.29 is 14.2 Å². The van der Waals surface area contributed by atoms with Crippen molar-refractivity contribution in [1.82, 2.24) is 29.8 Å². The number of methoxy groups -OCH3 is 1. The fourth-order valence-electron chi connectivity index (χ4n) is 4.59. The highest BCUT2D eigenvalue weighted by molar-refractivity contribution is 5.73. The van der Waals surface area contributed by atoms with Crippen LogP contribution in [0.2, 0.25) is 0 Å². The van der Waals surface area contributed by atoms with E-state index in [9.17, 15) is 4.79 Å². The van der Waals surface area contributed by atoms with E-state index in [-0.39, 0.29) is 11.6 Å². The van der Waals surface area contributed by atoms with Gasteiger partial charge in [-0.15, -0.1) is 0 Å². The summed E-state index contributed by atoms with van der Waals surface area (Å²) < 4.78 is 18.1. The first kappa shape index (κ1) is 21.5. The van der Waals surface area contributed by atoms with E-state index < -0.39 is 0 Å². The lowest BCUT2D eigenvalue weighted by molar-refractivity contribution is 0.170. The summed E-state index contributed by atoms with van der Waals surface area (Å²) >= 11 is 0. The average Bonchev–Trinajstić information content (AvgIpc) is 2.91. The third-order valence-electron chi connectivity index (χ3n) is 6.38. The fourth-order valence-corrected chi connectivity index (χ4v) is 4.59. The Balaban J connectivity index is 1.21. The Morgan fingerprint density at radius 2 is 1.89 bits per heavy atom. The van der Waals surface area contributed by atoms with Crippen LogP contribution in [-0.4, -0.2) is 50.9 Å². The summed E-state index contributed by atoms with van der Waals surface area (Å²) in [5.74, 6) is 2.01. The van der Waals surface area contributed by atoms with Crippen LogP contribution in [0.5, 0.6) is 17.2 Å². The summed E-state index contributed by atoms with van der Waals surface area (Å²) in [5.41, 5.74) is 4.61. The third-order valence-corrected chi connectivity index (χ3v) is 6.38. The molecule has 10 heteroatoms. The normalized spacial score (nSPS) is 16.7. The van der Waals surface area contributed by atoms with E-state index in [1.54, 1.807) is 36.3 Å². The molecular formula is C25H24N6O4. The van der Waals surface area contributed by atoms with Gasteiger partial charge >= 0.3 is 0 Å². The van der Waals surface area contributed by atoms with Gasteiger partial charge in [0, 0.05) is 36.8 Å². The molecule has 2 aliphatic rings. The SMILES string of the molecule is COc1cnc2ncc(=O)n(-c3cnc4c(c3)CCC(NCc3cc5c(cn3)OCCO5)C4)c2c1. The highest BCUT2D eigenvalue weighted by atomic mass is 16.6. The molecule has 178 valence electrons. The first-order chi connectivity index (χ1) is 17.2. The number of pyridine rings is 3. The molecule has 6 rings (SSSR count). The number of rotatable bonds is 5. The minimum Gasteiger partial charge on any atom is -0.495 e. The van der Waals surface area contributed by atoms with Crippen LogP contribution in [0, 0.1) is 0 Å². The summed E-state index contributed by atoms with van der Waals surface area (Å²) in [6.07, 6.45) is 8.97. The van der Waals surface area contributed by atoms with Gasteiger partial charge in [0.1, 0.15) is 19.0 Å². The maximum atomic E-state index is 12.7. The molecule has 10 nitrogen and oxygen atoms in total. The van der Waals surface area contributed by atoms with E-state index in [0.29, 0.717) is 48.1 Å². The van der Waals surface area contributed by atoms with Crippen molar-refractivity contribution in [2.45, 2.75) is 31.8 Å². The van der Waals surface area contributed by atoms with Crippen molar-refractivity contribution in [2.75, 3.05) is 20.3 Å². The van der Waals surface area contributed by atoms with Gasteiger partial charge in [0.05, 0.1) is 48.8 Å². The molecule has 35 heavy (non-hydrogen) atoms. The van der Waals surface area contributed by atoms with Crippen LogP contribution in [-0.2, 0) is 19.4 Å². The average molecular weight is 473 g/mol. The molecule has 0 saturated carbocycles. The van der Waals surface area contributed by atoms with Gasteiger partial charge in [0.15, 0.2) is 17.1 Å². The van der Waals surface area contributed by atoms with Crippen molar-refractivity contribution in [2.24, 2.45) is 0 Å². The van der Waals surface area contributed by atoms with Gasteiger partial charge in [0.25, 0.3) is 5.56 Å². The topological polar surface area (TPSA) is 113 Å². The number of nitrogens with one attached hydrogen (secondary N) is 1. The van der Waals surface area contributed by atoms with Crippen molar-refractivity contribution in [3.8, 4) is 22.9 Å². The Kier molecular flexibility index (Phi) is 5.49. The van der Waals surface area contributed by atoms with E-state index in [4.69, 9.17) is 19.2 Å². The van der Waals surface area contributed by atoms with Gasteiger partial charge in [-0.05, 0) is 24.5 Å². The molecule has 5 heterocycles. The molecule has 0 radical (unpaired) electrons. The van der Waals surface area contributed by atoms with Crippen molar-refractivity contribution in [3.05, 3.63) is 70.3 Å². The summed E-state index contributed by atoms with van der Waals surface area (Å²) in [7, 11) is 1.57. The molecule has 1 aliphatic heterocycles. The van der Waals surface area contributed by atoms with E-state index in [1.807, 2.05) is 12.1 Å². The first-order valence-electron chi connectivity index (χ1n) is 11.6. The Labute approximate surface area is 200 Å². The number of aromatic nitrogens is 5. The Morgan fingerprint density at radius 3 is 2.77 bits per heavy atom. The van der Waals surface area contributed by atoms with E-state index >= 15 is 0 Å². The summed E-state index contributed by atoms with van der Waals surface area (Å²) in [6, 6.07) is 6.03. The minimum absolute atomic E-state index is 0.239. The first-order valence-corrected chi connectivity index (χ1v) is 11.6. The van der Waals surface area contributed by atoms with Crippen molar-refractivity contribution >= 4 is 11.2 Å². The molecule has 4 aromatic heterocycles. The maximum absolute atomic E-state index is 12.7. The number of nitrogens with zero attached hydrogens (tertiary/aromatic N) is 5. The molecule has 4 aromatic rings. The highest BCUT2D eigenvalue weighted by Crippen LogP contribution is 2.29. The van der Waals surface area contributed by atoms with E-state index in [1.165, 1.54) is 6.20 Å². The Hall–Kier alpha value is -4.05. The van der Waals surface area contributed by atoms with Crippen LogP contribution in [0.4, 0.5) is 0 Å². The van der Waals surface area contributed by atoms with Crippen molar-refractivity contribution in [1.29, 1.82) is 0 Å². The molecule has 1 unspecified atom stereocenters. The van der Waals surface area contributed by atoms with Crippen LogP contribution >= 0.6 is 0 Å². The van der Waals surface area contributed by atoms with Crippen molar-refractivity contribution in [3.63, 3.8) is 0 Å². The number of aryl methyl sites for hydroxylation is 1. The largest absolute Gasteiger partial charge is 0.495 e. The molecule has 1 atom stereocenters. The quantitative estimate of drug-likeness (QED) is 0.466. The molecule has 1 N–H and O–H groups in total. The van der Waals surface area contributed by atoms with Gasteiger partial charge < -0.3 is 19.5 Å². The number of fused-ring (bicyclic) bond motifs is 3. The second kappa shape index (κ2) is 8.95. The molecule has 0 bridgehead atoms. The lowest BCUT2D eigenvalue weighted by Crippen LogP contribution is -2.35. The monoisotopic (exact) mass is 472 g/mol. The van der Waals surface area contributed by atoms with Gasteiger partial charge in [-0.1, -0.05) is 0 Å². The number of hydrogen-bond donors (Lipinski definition) is 1. The standard InChI is InChI=1S/C25H24N6O4/c1-33-19-9-21-25(29-12-19)30-14-24(32)31(21)18-6-15-2-3-16(7-20(15)28-11-18)26-10-17-8-22-23(13-27-17)35-5-4-34-22/h6,8-9,11-14,16,26H,2-5,7,10H2,1H3. The van der Waals surface area contributed by atoms with Gasteiger partial charge in [0.2, 0.25) is 0 Å². The van der Waals surface area contributed by atoms with E-state index in [0.717, 1.165) is 42.0 Å². The van der Waals surface area contributed by atoms with Crippen LogP contribution in [0.15, 0.2) is 47.8 Å². The summed E-state index contributed by atoms with van der Waals surface area (Å²) in [6.45, 7) is 1.75. The van der Waals surface area contributed by atoms with Crippen LogP contribution < -0.4 is 25.1 Å². The number of ether oxygens (including phenoxy) is 3. The Bertz CT molecular complexity index is 1470. The predicted molar refractivity (Wildman–Crippen MR) is 127 cm³/mol. The van der Waals surface area contributed by atoms with Gasteiger partial charge in [-0.3, -0.25) is 19.3 Å². The second-order valence-corrected chi connectivity index (χ2v) is 8.59. The number of hydrogen-bond acceptors (Lipinski definition) is 9. The zero-order chi connectivity index (χ0) is 23.8. The maximum Gasteiger partial charge on any atom is 0.274 e. The predicted octanol–water partition coefficient (Wildman–Crippen LogP) is 2.00. The molecule has 0 amide bonds. The molecule has 0 aromatic carbocycles. The summed E-state index contributed by atoms with van der Waals surface area (Å²) in [5, 5.41) is 3.59. The van der Waals surface area contributed by atoms with E-state index in [2.05, 4.69) is 20.3 Å². The summed E-state index contributed by atoms with van der Waals surface area (Å²) in [4.78, 5) is 30.4. The zero-order valence-corrected chi connectivity index (χ0v) is 19.2. The lowest BCUT2D eigenvalue weighted by atomic mass is 9.91.